The van der Waals surface area contributed by atoms with Gasteiger partial charge in [0.15, 0.2) is 17.2 Å². The van der Waals surface area contributed by atoms with Gasteiger partial charge in [0.1, 0.15) is 24.9 Å². The number of halogens is 1. The van der Waals surface area contributed by atoms with E-state index in [0.29, 0.717) is 18.4 Å². The van der Waals surface area contributed by atoms with Gasteiger partial charge >= 0.3 is 15.6 Å². The second-order valence-electron chi connectivity index (χ2n) is 14.8. The molecule has 0 aromatic carbocycles. The predicted molar refractivity (Wildman–Crippen MR) is 179 cm³/mol. The maximum atomic E-state index is 17.4. The first-order valence-corrected chi connectivity index (χ1v) is 20.4. The number of aliphatic hydroxyl groups excluding tert-OH is 1. The van der Waals surface area contributed by atoms with E-state index < -0.39 is 92.6 Å². The third kappa shape index (κ3) is 7.65. The van der Waals surface area contributed by atoms with Crippen LogP contribution in [0.5, 0.6) is 0 Å². The zero-order valence-electron chi connectivity index (χ0n) is 29.0. The number of hydrogen-bond donors (Lipinski definition) is 5. The summed E-state index contributed by atoms with van der Waals surface area (Å²) in [5.41, 5.74) is -6.52. The van der Waals surface area contributed by atoms with Gasteiger partial charge in [-0.1, -0.05) is 37.8 Å². The van der Waals surface area contributed by atoms with E-state index >= 15 is 4.39 Å². The van der Waals surface area contributed by atoms with Crippen LogP contribution in [0.1, 0.15) is 78.6 Å². The smallest absolute Gasteiger partial charge is 0.390 e. The fraction of sp³-hybridized carbons (Fsp3) is 0.735. The van der Waals surface area contributed by atoms with Crippen LogP contribution in [-0.2, 0) is 41.6 Å². The Morgan fingerprint density at radius 3 is 2.57 bits per heavy atom. The third-order valence-electron chi connectivity index (χ3n) is 11.8. The molecule has 0 saturated heterocycles. The summed E-state index contributed by atoms with van der Waals surface area (Å²) in [6.07, 6.45) is 7.09. The highest BCUT2D eigenvalue weighted by Gasteiger charge is 2.75. The monoisotopic (exact) mass is 759 g/mol. The number of carbonyl (C=O) groups is 3. The molecule has 1 amide bonds. The van der Waals surface area contributed by atoms with Crippen molar-refractivity contribution in [2.45, 2.75) is 102 Å². The van der Waals surface area contributed by atoms with E-state index in [2.05, 4.69) is 21.5 Å². The van der Waals surface area contributed by atoms with Gasteiger partial charge < -0.3 is 30.1 Å². The standard InChI is InChI=1S/C34H48FNO13P2/c1-22-17-27-26-12-11-23-18-24(37)13-14-31(23,2)33(26,35)28(38)19-32(27,3)34(22,41)29(39)20-48-51(45,49-50(42,43)44)47-16-15-36-30(40)21-46-25-9-7-5-4-6-8-10-25/h13-14,18,22,25-28,38,41H,4-7,9,11-12,15-17,19-21H2,1-3H3,(H,36,40)(H2,42,43,44)/t22-,25?,26+,27+,28+,31+,32+,33+,34+,51?/m1/s1. The fourth-order valence-electron chi connectivity index (χ4n) is 9.28. The van der Waals surface area contributed by atoms with E-state index in [9.17, 15) is 43.5 Å². The summed E-state index contributed by atoms with van der Waals surface area (Å²) in [5, 5.41) is 26.1. The van der Waals surface area contributed by atoms with Crippen LogP contribution in [0.2, 0.25) is 0 Å². The van der Waals surface area contributed by atoms with Crippen LogP contribution < -0.4 is 5.32 Å². The third-order valence-corrected chi connectivity index (χ3v) is 14.4. The summed E-state index contributed by atoms with van der Waals surface area (Å²) in [6, 6.07) is 0. The van der Waals surface area contributed by atoms with Gasteiger partial charge in [0, 0.05) is 29.7 Å². The highest BCUT2D eigenvalue weighted by molar-refractivity contribution is 7.61. The fourth-order valence-corrected chi connectivity index (χ4v) is 11.4. The van der Waals surface area contributed by atoms with Crippen molar-refractivity contribution in [2.24, 2.45) is 28.6 Å². The molecule has 5 aliphatic carbocycles. The Balaban J connectivity index is 1.23. The average Bonchev–Trinajstić information content (AvgIpc) is 3.23. The molecule has 284 valence electrons. The lowest BCUT2D eigenvalue weighted by Gasteiger charge is -2.62. The number of Topliss-reactive ketones (excluding diaryl/α,β-unsaturated/α-hetero) is 1. The lowest BCUT2D eigenvalue weighted by molar-refractivity contribution is -0.219. The molecule has 51 heavy (non-hydrogen) atoms. The maximum Gasteiger partial charge on any atom is 0.484 e. The summed E-state index contributed by atoms with van der Waals surface area (Å²) >= 11 is 0. The second kappa shape index (κ2) is 15.0. The van der Waals surface area contributed by atoms with Gasteiger partial charge in [-0.05, 0) is 75.9 Å². The Kier molecular flexibility index (Phi) is 11.8. The topological polar surface area (TPSA) is 215 Å². The van der Waals surface area contributed by atoms with Gasteiger partial charge in [-0.3, -0.25) is 23.4 Å². The molecular formula is C34H48FNO13P2. The molecule has 5 aliphatic rings. The zero-order valence-corrected chi connectivity index (χ0v) is 30.8. The molecular weight excluding hydrogens is 711 g/mol. The zero-order chi connectivity index (χ0) is 37.5. The highest BCUT2D eigenvalue weighted by atomic mass is 31.3. The quantitative estimate of drug-likeness (QED) is 0.103. The predicted octanol–water partition coefficient (Wildman–Crippen LogP) is 3.62. The first-order valence-electron chi connectivity index (χ1n) is 17.4. The van der Waals surface area contributed by atoms with Crippen molar-refractivity contribution in [1.29, 1.82) is 0 Å². The van der Waals surface area contributed by atoms with Crippen LogP contribution >= 0.6 is 15.6 Å². The molecule has 17 heteroatoms. The lowest BCUT2D eigenvalue weighted by Crippen LogP contribution is -2.69. The SMILES string of the molecule is C[C@@H]1C[C@H]2[C@@H]3CCC4=CC(=O)C=C[C@]4(C)[C@@]3(F)[C@@H](O)C[C@]2(C)[C@@]1(O)C(=O)COP(=O)(OCCNC(=O)COC1C#CCCCCC1)OP(=O)(O)O. The summed E-state index contributed by atoms with van der Waals surface area (Å²) in [7, 11) is -10.7. The summed E-state index contributed by atoms with van der Waals surface area (Å²) < 4.78 is 62.5. The highest BCUT2D eigenvalue weighted by Crippen LogP contribution is 2.71. The molecule has 0 bridgehead atoms. The number of carbonyl (C=O) groups excluding carboxylic acids is 3. The summed E-state index contributed by atoms with van der Waals surface area (Å²) in [5.74, 6) is 1.95. The Morgan fingerprint density at radius 2 is 1.84 bits per heavy atom. The van der Waals surface area contributed by atoms with E-state index in [1.54, 1.807) is 20.8 Å². The Morgan fingerprint density at radius 1 is 1.10 bits per heavy atom. The average molecular weight is 760 g/mol. The molecule has 14 nitrogen and oxygen atoms in total. The number of amides is 1. The number of aliphatic hydroxyl groups is 2. The van der Waals surface area contributed by atoms with E-state index in [1.807, 2.05) is 0 Å². The second-order valence-corrected chi connectivity index (χ2v) is 17.8. The van der Waals surface area contributed by atoms with E-state index in [4.69, 9.17) is 13.8 Å². The van der Waals surface area contributed by atoms with Gasteiger partial charge in [0.2, 0.25) is 5.91 Å². The van der Waals surface area contributed by atoms with Crippen LogP contribution in [0.15, 0.2) is 23.8 Å². The number of alkyl halides is 1. The number of phosphoric acid groups is 2. The lowest BCUT2D eigenvalue weighted by atomic mass is 9.44. The number of fused-ring (bicyclic) bond motifs is 5. The minimum Gasteiger partial charge on any atom is -0.390 e. The molecule has 3 fully saturated rings. The molecule has 10 atom stereocenters. The van der Waals surface area contributed by atoms with Crippen molar-refractivity contribution < 1.29 is 66.0 Å². The van der Waals surface area contributed by atoms with Gasteiger partial charge in [0.05, 0.1) is 12.7 Å². The summed E-state index contributed by atoms with van der Waals surface area (Å²) in [4.78, 5) is 57.1. The minimum atomic E-state index is -5.51. The van der Waals surface area contributed by atoms with Crippen molar-refractivity contribution >= 4 is 33.1 Å². The Hall–Kier alpha value is -2.08. The molecule has 3 saturated carbocycles. The van der Waals surface area contributed by atoms with E-state index in [-0.39, 0.29) is 38.2 Å². The molecule has 0 aromatic heterocycles. The number of nitrogens with one attached hydrogen (secondary N) is 1. The van der Waals surface area contributed by atoms with Crippen molar-refractivity contribution in [3.63, 3.8) is 0 Å². The Bertz CT molecular complexity index is 1620. The molecule has 0 radical (unpaired) electrons. The number of ketones is 2. The van der Waals surface area contributed by atoms with Gasteiger partial charge in [-0.2, -0.15) is 4.31 Å². The van der Waals surface area contributed by atoms with Crippen LogP contribution in [0.25, 0.3) is 0 Å². The van der Waals surface area contributed by atoms with E-state index in [0.717, 1.165) is 25.7 Å². The first-order chi connectivity index (χ1) is 23.8. The number of hydrogen-bond acceptors (Lipinski definition) is 11. The Labute approximate surface area is 296 Å². The van der Waals surface area contributed by atoms with Gasteiger partial charge in [-0.25, -0.2) is 13.5 Å². The van der Waals surface area contributed by atoms with Gasteiger partial charge in [0.25, 0.3) is 0 Å². The molecule has 5 rings (SSSR count). The molecule has 0 heterocycles. The van der Waals surface area contributed by atoms with Crippen LogP contribution in [0.3, 0.4) is 0 Å². The maximum absolute atomic E-state index is 17.4. The van der Waals surface area contributed by atoms with Crippen molar-refractivity contribution in [1.82, 2.24) is 5.32 Å². The van der Waals surface area contributed by atoms with E-state index in [1.165, 1.54) is 18.2 Å². The molecule has 2 unspecified atom stereocenters. The van der Waals surface area contributed by atoms with Crippen molar-refractivity contribution in [3.8, 4) is 11.8 Å². The minimum absolute atomic E-state index is 0.198. The number of allylic oxidation sites excluding steroid dienone is 4. The first kappa shape index (κ1) is 40.1. The van der Waals surface area contributed by atoms with Gasteiger partial charge in [-0.15, -0.1) is 5.92 Å². The number of phosphoric ester groups is 1. The number of rotatable bonds is 13. The molecule has 0 spiro atoms. The largest absolute Gasteiger partial charge is 0.484 e. The number of ether oxygens (including phenoxy) is 1. The summed E-state index contributed by atoms with van der Waals surface area (Å²) in [6.45, 7) is 2.45. The molecule has 5 N–H and O–H groups in total. The molecule has 0 aliphatic heterocycles. The van der Waals surface area contributed by atoms with Crippen molar-refractivity contribution in [2.75, 3.05) is 26.4 Å². The van der Waals surface area contributed by atoms with Crippen LogP contribution in [0, 0.1) is 40.4 Å². The van der Waals surface area contributed by atoms with Crippen molar-refractivity contribution in [3.05, 3.63) is 23.8 Å². The van der Waals surface area contributed by atoms with Crippen LogP contribution in [0.4, 0.5) is 4.39 Å². The normalized spacial score (nSPS) is 38.8. The van der Waals surface area contributed by atoms with Crippen LogP contribution in [-0.4, -0.2) is 87.3 Å². The molecule has 0 aromatic rings.